The van der Waals surface area contributed by atoms with Gasteiger partial charge in [0.2, 0.25) is 0 Å². The van der Waals surface area contributed by atoms with Crippen LogP contribution < -0.4 is 0 Å². The molecule has 1 aliphatic heterocycles. The van der Waals surface area contributed by atoms with Crippen LogP contribution in [0.25, 0.3) is 21.0 Å². The molecule has 1 atom stereocenters. The largest absolute Gasteiger partial charge is 0.327 e. The number of rotatable bonds is 2. The molecular formula is C20H14ClF2N5OS. The van der Waals surface area contributed by atoms with Gasteiger partial charge in [0.05, 0.1) is 17.6 Å². The smallest absolute Gasteiger partial charge is 0.254 e. The lowest BCUT2D eigenvalue weighted by molar-refractivity contribution is 0.0638. The van der Waals surface area contributed by atoms with Crippen molar-refractivity contribution in [3.05, 3.63) is 64.4 Å². The molecule has 1 aliphatic rings. The van der Waals surface area contributed by atoms with Crippen molar-refractivity contribution in [2.45, 2.75) is 19.5 Å². The number of aromatic nitrogens is 4. The molecule has 10 heteroatoms. The van der Waals surface area contributed by atoms with Crippen LogP contribution in [0.15, 0.2) is 36.4 Å². The Morgan fingerprint density at radius 3 is 2.83 bits per heavy atom. The highest BCUT2D eigenvalue weighted by molar-refractivity contribution is 7.21. The van der Waals surface area contributed by atoms with Gasteiger partial charge in [-0.1, -0.05) is 11.6 Å². The molecule has 3 heterocycles. The second-order valence-corrected chi connectivity index (χ2v) is 8.32. The van der Waals surface area contributed by atoms with Crippen molar-refractivity contribution in [3.8, 4) is 10.8 Å². The Balaban J connectivity index is 1.47. The van der Waals surface area contributed by atoms with Gasteiger partial charge < -0.3 is 9.47 Å². The third kappa shape index (κ3) is 3.05. The Hall–Kier alpha value is -2.91. The van der Waals surface area contributed by atoms with Crippen molar-refractivity contribution in [2.24, 2.45) is 0 Å². The second-order valence-electron chi connectivity index (χ2n) is 6.89. The normalized spacial score (nSPS) is 16.6. The Bertz CT molecular complexity index is 1320. The van der Waals surface area contributed by atoms with Crippen LogP contribution in [0, 0.1) is 11.6 Å². The molecule has 0 spiro atoms. The van der Waals surface area contributed by atoms with E-state index in [4.69, 9.17) is 13.0 Å². The Labute approximate surface area is 180 Å². The first-order chi connectivity index (χ1) is 14.8. The van der Waals surface area contributed by atoms with Crippen molar-refractivity contribution in [2.75, 3.05) is 6.54 Å². The lowest BCUT2D eigenvalue weighted by Gasteiger charge is -2.33. The molecule has 0 unspecified atom stereocenters. The number of hydrogen-bond donors (Lipinski definition) is 0. The van der Waals surface area contributed by atoms with Crippen molar-refractivity contribution in [1.82, 2.24) is 24.6 Å². The Kier molecular flexibility index (Phi) is 4.24. The number of benzene rings is 2. The fraction of sp³-hybridized carbons (Fsp3) is 0.200. The molecule has 1 amide bonds. The number of nitrogens with zero attached hydrogens (tertiary/aromatic N) is 5. The molecule has 2 aromatic heterocycles. The minimum atomic E-state index is -0.951. The summed E-state index contributed by atoms with van der Waals surface area (Å²) in [4.78, 5) is 19.1. The lowest BCUT2D eigenvalue weighted by atomic mass is 10.1. The van der Waals surface area contributed by atoms with Crippen molar-refractivity contribution < 1.29 is 14.9 Å². The standard InChI is InChI=1S/C20H14ClF2N5OS/c1-10-17-25-26-18(19-24-15-8-13(22)14(23)9-16(15)30-19)28(17)7-6-27(10)20(29)11-2-4-12(21)5-3-11/h2-5,8-10H,6-7H2,1H3/t10-/m1/s1/i4D. The zero-order chi connectivity index (χ0) is 21.9. The second kappa shape index (κ2) is 7.10. The maximum atomic E-state index is 13.5. The van der Waals surface area contributed by atoms with Crippen molar-refractivity contribution in [1.29, 1.82) is 0 Å². The molecule has 0 radical (unpaired) electrons. The van der Waals surface area contributed by atoms with Gasteiger partial charge in [0, 0.05) is 29.7 Å². The number of amides is 1. The highest BCUT2D eigenvalue weighted by Gasteiger charge is 2.32. The number of halogens is 3. The average Bonchev–Trinajstić information content (AvgIpc) is 3.34. The topological polar surface area (TPSA) is 63.9 Å². The predicted octanol–water partition coefficient (Wildman–Crippen LogP) is 4.70. The molecule has 6 nitrogen and oxygen atoms in total. The number of hydrogen-bond acceptors (Lipinski definition) is 5. The summed E-state index contributed by atoms with van der Waals surface area (Å²) in [5, 5.41) is 9.28. The molecule has 0 fully saturated rings. The van der Waals surface area contributed by atoms with Gasteiger partial charge in [-0.25, -0.2) is 13.8 Å². The van der Waals surface area contributed by atoms with E-state index < -0.39 is 11.6 Å². The Morgan fingerprint density at radius 1 is 1.23 bits per heavy atom. The van der Waals surface area contributed by atoms with Gasteiger partial charge in [-0.05, 0) is 37.2 Å². The SMILES string of the molecule is [2H]c1cc(C(=O)N2CCn3c(-c4nc5cc(F)c(F)cc5s4)nnc3[C@H]2C)ccc1Cl. The number of thiazole rings is 1. The highest BCUT2D eigenvalue weighted by atomic mass is 35.5. The van der Waals surface area contributed by atoms with Gasteiger partial charge in [-0.15, -0.1) is 21.5 Å². The van der Waals surface area contributed by atoms with Crippen LogP contribution in [0.4, 0.5) is 8.78 Å². The molecule has 2 aromatic carbocycles. The fourth-order valence-electron chi connectivity index (χ4n) is 3.54. The monoisotopic (exact) mass is 446 g/mol. The summed E-state index contributed by atoms with van der Waals surface area (Å²) in [7, 11) is 0. The number of carbonyl (C=O) groups excluding carboxylic acids is 1. The van der Waals surface area contributed by atoms with E-state index in [0.717, 1.165) is 12.1 Å². The lowest BCUT2D eigenvalue weighted by Crippen LogP contribution is -2.41. The van der Waals surface area contributed by atoms with E-state index in [9.17, 15) is 13.6 Å². The first-order valence-electron chi connectivity index (χ1n) is 9.59. The van der Waals surface area contributed by atoms with Crippen LogP contribution in [-0.4, -0.2) is 37.1 Å². The zero-order valence-corrected chi connectivity index (χ0v) is 17.1. The molecule has 0 aliphatic carbocycles. The van der Waals surface area contributed by atoms with Crippen molar-refractivity contribution in [3.63, 3.8) is 0 Å². The molecule has 0 saturated carbocycles. The van der Waals surface area contributed by atoms with E-state index in [-0.39, 0.29) is 23.0 Å². The van der Waals surface area contributed by atoms with E-state index >= 15 is 0 Å². The molecule has 5 rings (SSSR count). The summed E-state index contributed by atoms with van der Waals surface area (Å²) in [6.45, 7) is 2.69. The summed E-state index contributed by atoms with van der Waals surface area (Å²) in [6, 6.07) is 6.48. The van der Waals surface area contributed by atoms with Crippen LogP contribution in [0.5, 0.6) is 0 Å². The van der Waals surface area contributed by atoms with Gasteiger partial charge in [0.1, 0.15) is 0 Å². The summed E-state index contributed by atoms with van der Waals surface area (Å²) in [5.74, 6) is -1.01. The quantitative estimate of drug-likeness (QED) is 0.447. The van der Waals surface area contributed by atoms with E-state index in [1.54, 1.807) is 11.0 Å². The van der Waals surface area contributed by atoms with E-state index in [0.29, 0.717) is 45.5 Å². The van der Waals surface area contributed by atoms with E-state index in [2.05, 4.69) is 15.2 Å². The third-order valence-electron chi connectivity index (χ3n) is 5.09. The Morgan fingerprint density at radius 2 is 2.03 bits per heavy atom. The first kappa shape index (κ1) is 17.9. The maximum absolute atomic E-state index is 13.5. The highest BCUT2D eigenvalue weighted by Crippen LogP contribution is 2.34. The van der Waals surface area contributed by atoms with Crippen LogP contribution in [0.3, 0.4) is 0 Å². The molecule has 152 valence electrons. The average molecular weight is 447 g/mol. The van der Waals surface area contributed by atoms with Gasteiger partial charge in [-0.3, -0.25) is 4.79 Å². The van der Waals surface area contributed by atoms with Crippen LogP contribution >= 0.6 is 22.9 Å². The third-order valence-corrected chi connectivity index (χ3v) is 6.34. The predicted molar refractivity (Wildman–Crippen MR) is 109 cm³/mol. The van der Waals surface area contributed by atoms with Gasteiger partial charge >= 0.3 is 0 Å². The van der Waals surface area contributed by atoms with Gasteiger partial charge in [0.25, 0.3) is 5.91 Å². The number of fused-ring (bicyclic) bond motifs is 2. The molecular weight excluding hydrogens is 432 g/mol. The zero-order valence-electron chi connectivity index (χ0n) is 16.6. The van der Waals surface area contributed by atoms with Crippen LogP contribution in [-0.2, 0) is 6.54 Å². The van der Waals surface area contributed by atoms with Crippen molar-refractivity contribution >= 4 is 39.1 Å². The van der Waals surface area contributed by atoms with Gasteiger partial charge in [-0.2, -0.15) is 0 Å². The number of carbonyl (C=O) groups is 1. The minimum absolute atomic E-state index is 0.0892. The molecule has 0 bridgehead atoms. The maximum Gasteiger partial charge on any atom is 0.254 e. The van der Waals surface area contributed by atoms with E-state index in [1.807, 2.05) is 11.5 Å². The summed E-state index contributed by atoms with van der Waals surface area (Å²) in [6.07, 6.45) is 0. The molecule has 4 aromatic rings. The minimum Gasteiger partial charge on any atom is -0.327 e. The summed E-state index contributed by atoms with van der Waals surface area (Å²) < 4.78 is 37.3. The van der Waals surface area contributed by atoms with Gasteiger partial charge in [0.15, 0.2) is 28.3 Å². The molecule has 30 heavy (non-hydrogen) atoms. The van der Waals surface area contributed by atoms with Crippen LogP contribution in [0.2, 0.25) is 5.02 Å². The fourth-order valence-corrected chi connectivity index (χ4v) is 4.63. The first-order valence-corrected chi connectivity index (χ1v) is 10.3. The summed E-state index contributed by atoms with van der Waals surface area (Å²) >= 11 is 7.10. The van der Waals surface area contributed by atoms with Crippen LogP contribution in [0.1, 0.15) is 30.5 Å². The van der Waals surface area contributed by atoms with E-state index in [1.165, 1.54) is 23.5 Å². The molecule has 0 N–H and O–H groups in total. The molecule has 0 saturated heterocycles. The summed E-state index contributed by atoms with van der Waals surface area (Å²) in [5.41, 5.74) is 0.732.